The summed E-state index contributed by atoms with van der Waals surface area (Å²) in [5.41, 5.74) is 2.24. The lowest BCUT2D eigenvalue weighted by molar-refractivity contribution is 0.108. The highest BCUT2D eigenvalue weighted by atomic mass is 35.5. The van der Waals surface area contributed by atoms with Crippen LogP contribution in [-0.4, -0.2) is 41.2 Å². The second kappa shape index (κ2) is 5.77. The molecule has 0 bridgehead atoms. The van der Waals surface area contributed by atoms with Crippen LogP contribution in [0.2, 0.25) is 0 Å². The van der Waals surface area contributed by atoms with Gasteiger partial charge in [-0.1, -0.05) is 0 Å². The van der Waals surface area contributed by atoms with Gasteiger partial charge in [-0.15, -0.1) is 12.4 Å². The number of rotatable bonds is 2. The molecule has 1 fully saturated rings. The molecule has 1 saturated heterocycles. The first kappa shape index (κ1) is 14.1. The Balaban J connectivity index is 0.00000133. The van der Waals surface area contributed by atoms with E-state index in [2.05, 4.69) is 10.00 Å². The Morgan fingerprint density at radius 1 is 1.32 bits per heavy atom. The van der Waals surface area contributed by atoms with E-state index in [-0.39, 0.29) is 12.4 Å². The monoisotopic (exact) mass is 301 g/mol. The fourth-order valence-corrected chi connectivity index (χ4v) is 2.28. The number of hydrogen-bond acceptors (Lipinski definition) is 4. The van der Waals surface area contributed by atoms with E-state index in [1.807, 2.05) is 18.3 Å². The molecule has 0 aromatic carbocycles. The summed E-state index contributed by atoms with van der Waals surface area (Å²) in [5.74, 6) is 0. The van der Waals surface area contributed by atoms with Gasteiger partial charge in [-0.05, 0) is 23.7 Å². The summed E-state index contributed by atoms with van der Waals surface area (Å²) in [6.07, 6.45) is 3.40. The average molecular weight is 302 g/mol. The molecule has 3 rings (SSSR count). The van der Waals surface area contributed by atoms with Gasteiger partial charge < -0.3 is 9.64 Å². The number of pyridine rings is 1. The van der Waals surface area contributed by atoms with Gasteiger partial charge >= 0.3 is 0 Å². The van der Waals surface area contributed by atoms with Gasteiger partial charge in [0.1, 0.15) is 0 Å². The van der Waals surface area contributed by atoms with Crippen LogP contribution in [0.4, 0.5) is 5.69 Å². The lowest BCUT2D eigenvalue weighted by atomic mass is 10.2. The fourth-order valence-electron chi connectivity index (χ4n) is 2.13. The molecule has 3 heterocycles. The third kappa shape index (κ3) is 2.68. The van der Waals surface area contributed by atoms with Crippen molar-refractivity contribution in [3.63, 3.8) is 0 Å². The number of halogens is 2. The maximum Gasteiger partial charge on any atom is 0.256 e. The van der Waals surface area contributed by atoms with Crippen LogP contribution in [0.25, 0.3) is 5.52 Å². The summed E-state index contributed by atoms with van der Waals surface area (Å²) in [6.45, 7) is 3.22. The van der Waals surface area contributed by atoms with E-state index in [0.717, 1.165) is 37.5 Å². The standard InChI is InChI=1S/C12H12ClN3O2.ClH/c13-12(17)10-7-14-16-8-9(1-2-11(10)16)15-3-5-18-6-4-15;/h1-2,7-8H,3-6H2;1H. The Bertz CT molecular complexity index is 594. The van der Waals surface area contributed by atoms with Crippen molar-refractivity contribution >= 4 is 40.5 Å². The minimum Gasteiger partial charge on any atom is -0.378 e. The molecule has 1 aliphatic heterocycles. The normalized spacial score (nSPS) is 15.3. The van der Waals surface area contributed by atoms with Crippen LogP contribution in [0.1, 0.15) is 10.4 Å². The second-order valence-electron chi connectivity index (χ2n) is 4.15. The van der Waals surface area contributed by atoms with Crippen molar-refractivity contribution in [1.82, 2.24) is 9.61 Å². The van der Waals surface area contributed by atoms with Crippen LogP contribution in [0, 0.1) is 0 Å². The Hall–Kier alpha value is -1.30. The maximum atomic E-state index is 11.2. The van der Waals surface area contributed by atoms with Crippen LogP contribution in [0.5, 0.6) is 0 Å². The highest BCUT2D eigenvalue weighted by molar-refractivity contribution is 6.68. The van der Waals surface area contributed by atoms with Crippen molar-refractivity contribution in [1.29, 1.82) is 0 Å². The van der Waals surface area contributed by atoms with E-state index in [0.29, 0.717) is 5.56 Å². The molecular weight excluding hydrogens is 289 g/mol. The van der Waals surface area contributed by atoms with Gasteiger partial charge in [0, 0.05) is 13.1 Å². The van der Waals surface area contributed by atoms with E-state index >= 15 is 0 Å². The molecular formula is C12H13Cl2N3O2. The fraction of sp³-hybridized carbons (Fsp3) is 0.333. The van der Waals surface area contributed by atoms with Crippen molar-refractivity contribution in [2.45, 2.75) is 0 Å². The van der Waals surface area contributed by atoms with Crippen molar-refractivity contribution in [2.75, 3.05) is 31.2 Å². The molecule has 0 aliphatic carbocycles. The third-order valence-corrected chi connectivity index (χ3v) is 3.29. The molecule has 2 aromatic heterocycles. The van der Waals surface area contributed by atoms with E-state index in [4.69, 9.17) is 16.3 Å². The van der Waals surface area contributed by atoms with Crippen LogP contribution in [-0.2, 0) is 4.74 Å². The van der Waals surface area contributed by atoms with Gasteiger partial charge in [0.15, 0.2) is 0 Å². The summed E-state index contributed by atoms with van der Waals surface area (Å²) in [5, 5.41) is 3.67. The number of carbonyl (C=O) groups is 1. The minimum atomic E-state index is -0.482. The molecule has 0 spiro atoms. The van der Waals surface area contributed by atoms with Crippen LogP contribution in [0.3, 0.4) is 0 Å². The number of morpholine rings is 1. The summed E-state index contributed by atoms with van der Waals surface area (Å²) >= 11 is 5.49. The third-order valence-electron chi connectivity index (χ3n) is 3.09. The Labute approximate surface area is 121 Å². The number of ether oxygens (including phenoxy) is 1. The first-order valence-electron chi connectivity index (χ1n) is 5.75. The predicted molar refractivity (Wildman–Crippen MR) is 75.7 cm³/mol. The summed E-state index contributed by atoms with van der Waals surface area (Å²) in [6, 6.07) is 3.85. The molecule has 2 aromatic rings. The van der Waals surface area contributed by atoms with E-state index in [1.165, 1.54) is 6.20 Å². The Morgan fingerprint density at radius 2 is 2.05 bits per heavy atom. The number of carbonyl (C=O) groups excluding carboxylic acids is 1. The van der Waals surface area contributed by atoms with Crippen molar-refractivity contribution in [2.24, 2.45) is 0 Å². The zero-order chi connectivity index (χ0) is 12.5. The van der Waals surface area contributed by atoms with Crippen molar-refractivity contribution in [3.8, 4) is 0 Å². The second-order valence-corrected chi connectivity index (χ2v) is 4.49. The summed E-state index contributed by atoms with van der Waals surface area (Å²) < 4.78 is 7.00. The first-order valence-corrected chi connectivity index (χ1v) is 6.13. The Kier molecular flexibility index (Phi) is 4.29. The van der Waals surface area contributed by atoms with E-state index in [1.54, 1.807) is 4.52 Å². The predicted octanol–water partition coefficient (Wildman–Crippen LogP) is 1.97. The molecule has 0 radical (unpaired) electrons. The Morgan fingerprint density at radius 3 is 2.74 bits per heavy atom. The highest BCUT2D eigenvalue weighted by Crippen LogP contribution is 2.20. The molecule has 0 unspecified atom stereocenters. The van der Waals surface area contributed by atoms with Gasteiger partial charge in [0.25, 0.3) is 5.24 Å². The zero-order valence-corrected chi connectivity index (χ0v) is 11.7. The van der Waals surface area contributed by atoms with Crippen LogP contribution >= 0.6 is 24.0 Å². The van der Waals surface area contributed by atoms with Crippen molar-refractivity contribution in [3.05, 3.63) is 30.1 Å². The molecule has 1 aliphatic rings. The minimum absolute atomic E-state index is 0. The summed E-state index contributed by atoms with van der Waals surface area (Å²) in [4.78, 5) is 13.4. The van der Waals surface area contributed by atoms with Crippen LogP contribution < -0.4 is 4.90 Å². The van der Waals surface area contributed by atoms with Gasteiger partial charge in [0.2, 0.25) is 0 Å². The SMILES string of the molecule is Cl.O=C(Cl)c1cnn2cc(N3CCOCC3)ccc12. The molecule has 19 heavy (non-hydrogen) atoms. The smallest absolute Gasteiger partial charge is 0.256 e. The molecule has 102 valence electrons. The summed E-state index contributed by atoms with van der Waals surface area (Å²) in [7, 11) is 0. The lowest BCUT2D eigenvalue weighted by Gasteiger charge is -2.28. The molecule has 0 atom stereocenters. The lowest BCUT2D eigenvalue weighted by Crippen LogP contribution is -2.36. The quantitative estimate of drug-likeness (QED) is 0.796. The number of nitrogens with zero attached hydrogens (tertiary/aromatic N) is 3. The molecule has 0 saturated carbocycles. The maximum absolute atomic E-state index is 11.2. The molecule has 7 heteroatoms. The zero-order valence-electron chi connectivity index (χ0n) is 10.1. The van der Waals surface area contributed by atoms with Crippen LogP contribution in [0.15, 0.2) is 24.5 Å². The number of anilines is 1. The largest absolute Gasteiger partial charge is 0.378 e. The number of aromatic nitrogens is 2. The number of fused-ring (bicyclic) bond motifs is 1. The van der Waals surface area contributed by atoms with Crippen molar-refractivity contribution < 1.29 is 9.53 Å². The average Bonchev–Trinajstić information content (AvgIpc) is 2.82. The van der Waals surface area contributed by atoms with E-state index < -0.39 is 5.24 Å². The molecule has 0 N–H and O–H groups in total. The van der Waals surface area contributed by atoms with Gasteiger partial charge in [-0.2, -0.15) is 5.10 Å². The number of hydrogen-bond donors (Lipinski definition) is 0. The highest BCUT2D eigenvalue weighted by Gasteiger charge is 2.14. The van der Waals surface area contributed by atoms with E-state index in [9.17, 15) is 4.79 Å². The van der Waals surface area contributed by atoms with Gasteiger partial charge in [-0.3, -0.25) is 4.79 Å². The van der Waals surface area contributed by atoms with Gasteiger partial charge in [0.05, 0.1) is 42.4 Å². The topological polar surface area (TPSA) is 46.8 Å². The first-order chi connectivity index (χ1) is 8.75. The van der Waals surface area contributed by atoms with Gasteiger partial charge in [-0.25, -0.2) is 4.52 Å². The molecule has 0 amide bonds. The molecule has 5 nitrogen and oxygen atoms in total.